The molecular weight excluding hydrogens is 362 g/mol. The van der Waals surface area contributed by atoms with E-state index >= 15 is 0 Å². The van der Waals surface area contributed by atoms with Gasteiger partial charge in [0.05, 0.1) is 5.02 Å². The Morgan fingerprint density at radius 2 is 1.77 bits per heavy atom. The molecule has 5 rings (SSSR count). The van der Waals surface area contributed by atoms with Crippen molar-refractivity contribution >= 4 is 29.5 Å². The van der Waals surface area contributed by atoms with Crippen LogP contribution in [-0.4, -0.2) is 25.5 Å². The fourth-order valence-corrected chi connectivity index (χ4v) is 3.06. The van der Waals surface area contributed by atoms with Gasteiger partial charge in [-0.2, -0.15) is 0 Å². The van der Waals surface area contributed by atoms with Crippen molar-refractivity contribution in [3.05, 3.63) is 52.2 Å². The normalized spacial score (nSPS) is 18.3. The highest BCUT2D eigenvalue weighted by Gasteiger charge is 2.26. The van der Waals surface area contributed by atoms with E-state index in [4.69, 9.17) is 35.3 Å². The number of aliphatic imine (C=N–C) groups is 1. The second-order valence-corrected chi connectivity index (χ2v) is 6.05. The Morgan fingerprint density at radius 1 is 0.962 bits per heavy atom. The van der Waals surface area contributed by atoms with E-state index in [1.54, 1.807) is 36.4 Å². The molecule has 0 N–H and O–H groups in total. The zero-order valence-corrected chi connectivity index (χ0v) is 13.9. The van der Waals surface area contributed by atoms with Gasteiger partial charge in [0.2, 0.25) is 19.5 Å². The minimum absolute atomic E-state index is 0.115. The van der Waals surface area contributed by atoms with Gasteiger partial charge in [-0.05, 0) is 42.0 Å². The van der Waals surface area contributed by atoms with Gasteiger partial charge in [-0.1, -0.05) is 11.6 Å². The molecule has 0 amide bonds. The number of carbonyl (C=O) groups excluding carboxylic acids is 1. The van der Waals surface area contributed by atoms with Crippen molar-refractivity contribution in [1.82, 2.24) is 0 Å². The fraction of sp³-hybridized carbons (Fsp3) is 0.111. The van der Waals surface area contributed by atoms with Gasteiger partial charge in [0.15, 0.2) is 28.7 Å². The van der Waals surface area contributed by atoms with E-state index in [2.05, 4.69) is 4.99 Å². The van der Waals surface area contributed by atoms with Crippen molar-refractivity contribution in [2.75, 3.05) is 13.6 Å². The van der Waals surface area contributed by atoms with Gasteiger partial charge in [0.1, 0.15) is 0 Å². The van der Waals surface area contributed by atoms with Crippen LogP contribution in [0.4, 0.5) is 0 Å². The summed E-state index contributed by atoms with van der Waals surface area (Å²) in [6, 6.07) is 8.61. The highest BCUT2D eigenvalue weighted by molar-refractivity contribution is 6.32. The summed E-state index contributed by atoms with van der Waals surface area (Å²) in [5.74, 6) is 1.89. The SMILES string of the molecule is O=C1OC(c2ccc3c(c2)OCO3)=N/C1=C/c1cc(Cl)c2c(c1)OCO2. The lowest BCUT2D eigenvalue weighted by atomic mass is 10.1. The fourth-order valence-electron chi connectivity index (χ4n) is 2.79. The number of nitrogens with zero attached hydrogens (tertiary/aromatic N) is 1. The Labute approximate surface area is 152 Å². The zero-order chi connectivity index (χ0) is 17.7. The van der Waals surface area contributed by atoms with Crippen LogP contribution in [-0.2, 0) is 9.53 Å². The number of hydrogen-bond donors (Lipinski definition) is 0. The Balaban J connectivity index is 1.49. The average molecular weight is 372 g/mol. The molecule has 0 atom stereocenters. The number of benzene rings is 2. The van der Waals surface area contributed by atoms with Crippen molar-refractivity contribution in [1.29, 1.82) is 0 Å². The number of esters is 1. The van der Waals surface area contributed by atoms with Gasteiger partial charge in [0, 0.05) is 5.56 Å². The molecule has 26 heavy (non-hydrogen) atoms. The maximum Gasteiger partial charge on any atom is 0.363 e. The summed E-state index contributed by atoms with van der Waals surface area (Å²) in [5.41, 5.74) is 1.43. The molecule has 3 heterocycles. The summed E-state index contributed by atoms with van der Waals surface area (Å²) in [4.78, 5) is 16.4. The van der Waals surface area contributed by atoms with Crippen molar-refractivity contribution in [2.45, 2.75) is 0 Å². The maximum absolute atomic E-state index is 12.2. The summed E-state index contributed by atoms with van der Waals surface area (Å²) in [7, 11) is 0. The van der Waals surface area contributed by atoms with Gasteiger partial charge in [-0.3, -0.25) is 0 Å². The number of cyclic esters (lactones) is 1. The molecule has 3 aliphatic heterocycles. The number of halogens is 1. The largest absolute Gasteiger partial charge is 0.454 e. The summed E-state index contributed by atoms with van der Waals surface area (Å²) < 4.78 is 26.5. The molecule has 0 bridgehead atoms. The molecule has 0 saturated carbocycles. The first kappa shape index (κ1) is 15.1. The highest BCUT2D eigenvalue weighted by Crippen LogP contribution is 2.40. The van der Waals surface area contributed by atoms with Crippen LogP contribution in [0.1, 0.15) is 11.1 Å². The van der Waals surface area contributed by atoms with E-state index < -0.39 is 5.97 Å². The first-order valence-electron chi connectivity index (χ1n) is 7.69. The van der Waals surface area contributed by atoms with Crippen LogP contribution >= 0.6 is 11.6 Å². The van der Waals surface area contributed by atoms with Crippen molar-refractivity contribution in [3.8, 4) is 23.0 Å². The molecule has 8 heteroatoms. The monoisotopic (exact) mass is 371 g/mol. The summed E-state index contributed by atoms with van der Waals surface area (Å²) in [5, 5.41) is 0.401. The molecule has 0 unspecified atom stereocenters. The topological polar surface area (TPSA) is 75.6 Å². The van der Waals surface area contributed by atoms with Gasteiger partial charge >= 0.3 is 5.97 Å². The van der Waals surface area contributed by atoms with Gasteiger partial charge < -0.3 is 23.7 Å². The first-order chi connectivity index (χ1) is 12.7. The van der Waals surface area contributed by atoms with Gasteiger partial charge in [-0.25, -0.2) is 9.79 Å². The molecule has 3 aliphatic rings. The zero-order valence-electron chi connectivity index (χ0n) is 13.2. The van der Waals surface area contributed by atoms with Gasteiger partial charge in [-0.15, -0.1) is 0 Å². The van der Waals surface area contributed by atoms with Crippen LogP contribution in [0.5, 0.6) is 23.0 Å². The van der Waals surface area contributed by atoms with E-state index in [1.807, 2.05) is 0 Å². The molecule has 0 aromatic heterocycles. The van der Waals surface area contributed by atoms with Crippen LogP contribution in [0.25, 0.3) is 6.08 Å². The molecule has 2 aromatic rings. The number of hydrogen-bond acceptors (Lipinski definition) is 7. The molecule has 0 aliphatic carbocycles. The van der Waals surface area contributed by atoms with E-state index in [-0.39, 0.29) is 25.2 Å². The molecular formula is C18H10ClNO6. The lowest BCUT2D eigenvalue weighted by molar-refractivity contribution is -0.129. The average Bonchev–Trinajstić information content (AvgIpc) is 3.34. The molecule has 0 radical (unpaired) electrons. The molecule has 7 nitrogen and oxygen atoms in total. The van der Waals surface area contributed by atoms with Crippen molar-refractivity contribution < 1.29 is 28.5 Å². The summed E-state index contributed by atoms with van der Waals surface area (Å²) >= 11 is 6.16. The number of carbonyl (C=O) groups is 1. The smallest absolute Gasteiger partial charge is 0.363 e. The second-order valence-electron chi connectivity index (χ2n) is 5.64. The molecule has 2 aromatic carbocycles. The lowest BCUT2D eigenvalue weighted by Crippen LogP contribution is -2.05. The first-order valence-corrected chi connectivity index (χ1v) is 8.07. The molecule has 0 spiro atoms. The van der Waals surface area contributed by atoms with Crippen LogP contribution < -0.4 is 18.9 Å². The Morgan fingerprint density at radius 3 is 2.69 bits per heavy atom. The van der Waals surface area contributed by atoms with E-state index in [9.17, 15) is 4.79 Å². The van der Waals surface area contributed by atoms with Crippen LogP contribution in [0.15, 0.2) is 41.0 Å². The second kappa shape index (κ2) is 5.67. The van der Waals surface area contributed by atoms with Gasteiger partial charge in [0.25, 0.3) is 0 Å². The lowest BCUT2D eigenvalue weighted by Gasteiger charge is -2.01. The Kier molecular flexibility index (Phi) is 3.29. The van der Waals surface area contributed by atoms with E-state index in [1.165, 1.54) is 0 Å². The van der Waals surface area contributed by atoms with Crippen LogP contribution in [0.2, 0.25) is 5.02 Å². The Bertz CT molecular complexity index is 1010. The van der Waals surface area contributed by atoms with Crippen LogP contribution in [0.3, 0.4) is 0 Å². The van der Waals surface area contributed by atoms with E-state index in [0.29, 0.717) is 39.1 Å². The summed E-state index contributed by atoms with van der Waals surface area (Å²) in [6.45, 7) is 0.282. The Hall–Kier alpha value is -3.19. The third-order valence-electron chi connectivity index (χ3n) is 3.99. The van der Waals surface area contributed by atoms with E-state index in [0.717, 1.165) is 0 Å². The number of fused-ring (bicyclic) bond motifs is 2. The van der Waals surface area contributed by atoms with Crippen molar-refractivity contribution in [2.24, 2.45) is 4.99 Å². The minimum Gasteiger partial charge on any atom is -0.454 e. The quantitative estimate of drug-likeness (QED) is 0.596. The van der Waals surface area contributed by atoms with Crippen molar-refractivity contribution in [3.63, 3.8) is 0 Å². The molecule has 130 valence electrons. The minimum atomic E-state index is -0.550. The highest BCUT2D eigenvalue weighted by atomic mass is 35.5. The predicted molar refractivity (Wildman–Crippen MR) is 90.7 cm³/mol. The summed E-state index contributed by atoms with van der Waals surface area (Å²) in [6.07, 6.45) is 1.58. The third kappa shape index (κ3) is 2.44. The third-order valence-corrected chi connectivity index (χ3v) is 4.27. The molecule has 0 fully saturated rings. The maximum atomic E-state index is 12.2. The van der Waals surface area contributed by atoms with Crippen LogP contribution in [0, 0.1) is 0 Å². The predicted octanol–water partition coefficient (Wildman–Crippen LogP) is 3.14. The number of ether oxygens (including phenoxy) is 5. The standard InChI is InChI=1S/C18H10ClNO6/c19-11-3-9(5-15-16(11)25-8-24-15)4-12-18(21)26-17(20-12)10-1-2-13-14(6-10)23-7-22-13/h1-6H,7-8H2/b12-4+. The number of rotatable bonds is 2. The molecule has 0 saturated heterocycles.